The van der Waals surface area contributed by atoms with Crippen LogP contribution >= 0.6 is 0 Å². The number of carbonyl (C=O) groups is 1. The molecule has 0 N–H and O–H groups in total. The Hall–Kier alpha value is -1.58. The molecule has 1 saturated carbocycles. The maximum atomic E-state index is 11.6. The van der Waals surface area contributed by atoms with Gasteiger partial charge in [-0.25, -0.2) is 9.78 Å². The lowest BCUT2D eigenvalue weighted by atomic mass is 9.77. The number of esters is 1. The Bertz CT molecular complexity index is 482. The van der Waals surface area contributed by atoms with Gasteiger partial charge in [-0.05, 0) is 50.2 Å². The number of aromatic nitrogens is 1. The first-order chi connectivity index (χ1) is 10.2. The van der Waals surface area contributed by atoms with Crippen LogP contribution in [0, 0.1) is 5.41 Å². The van der Waals surface area contributed by atoms with Gasteiger partial charge in [-0.3, -0.25) is 0 Å². The maximum Gasteiger partial charge on any atom is 0.339 e. The zero-order valence-corrected chi connectivity index (χ0v) is 12.8. The lowest BCUT2D eigenvalue weighted by molar-refractivity contribution is 0.0526. The normalized spacial score (nSPS) is 20.7. The van der Waals surface area contributed by atoms with Crippen LogP contribution in [0.25, 0.3) is 0 Å². The highest BCUT2D eigenvalue weighted by atomic mass is 16.5. The minimum Gasteiger partial charge on any atom is -0.462 e. The monoisotopic (exact) mass is 288 g/mol. The molecular formula is C17H24N2O2. The standard InChI is InChI=1S/C17H24N2O2/c1-2-21-16(20)14-5-6-15(18-13-14)19-11-9-17(10-12-19)7-3-4-8-17/h5-6,13H,2-4,7-12H2,1H3. The summed E-state index contributed by atoms with van der Waals surface area (Å²) in [5.74, 6) is 0.691. The van der Waals surface area contributed by atoms with E-state index >= 15 is 0 Å². The first-order valence-corrected chi connectivity index (χ1v) is 8.11. The van der Waals surface area contributed by atoms with Gasteiger partial charge < -0.3 is 9.64 Å². The number of ether oxygens (including phenoxy) is 1. The van der Waals surface area contributed by atoms with Crippen molar-refractivity contribution in [2.75, 3.05) is 24.6 Å². The largest absolute Gasteiger partial charge is 0.462 e. The van der Waals surface area contributed by atoms with Crippen molar-refractivity contribution >= 4 is 11.8 Å². The van der Waals surface area contributed by atoms with Gasteiger partial charge in [-0.15, -0.1) is 0 Å². The molecule has 0 atom stereocenters. The van der Waals surface area contributed by atoms with Gasteiger partial charge in [0.1, 0.15) is 5.82 Å². The second-order valence-corrected chi connectivity index (χ2v) is 6.32. The Morgan fingerprint density at radius 1 is 1.24 bits per heavy atom. The van der Waals surface area contributed by atoms with Crippen molar-refractivity contribution < 1.29 is 9.53 Å². The molecule has 21 heavy (non-hydrogen) atoms. The molecule has 1 aliphatic carbocycles. The zero-order valence-electron chi connectivity index (χ0n) is 12.8. The molecule has 0 aromatic carbocycles. The highest BCUT2D eigenvalue weighted by molar-refractivity contribution is 5.89. The van der Waals surface area contributed by atoms with Crippen LogP contribution in [0.4, 0.5) is 5.82 Å². The van der Waals surface area contributed by atoms with Crippen LogP contribution in [-0.4, -0.2) is 30.6 Å². The molecule has 0 radical (unpaired) electrons. The fourth-order valence-corrected chi connectivity index (χ4v) is 3.74. The van der Waals surface area contributed by atoms with Crippen LogP contribution in [0.5, 0.6) is 0 Å². The molecule has 0 bridgehead atoms. The zero-order chi connectivity index (χ0) is 14.7. The number of hydrogen-bond donors (Lipinski definition) is 0. The van der Waals surface area contributed by atoms with Crippen molar-refractivity contribution in [3.8, 4) is 0 Å². The van der Waals surface area contributed by atoms with E-state index in [1.165, 1.54) is 38.5 Å². The summed E-state index contributed by atoms with van der Waals surface area (Å²) in [4.78, 5) is 18.4. The Morgan fingerprint density at radius 3 is 2.52 bits per heavy atom. The molecule has 114 valence electrons. The van der Waals surface area contributed by atoms with Gasteiger partial charge in [0.15, 0.2) is 0 Å². The van der Waals surface area contributed by atoms with E-state index in [0.717, 1.165) is 18.9 Å². The fraction of sp³-hybridized carbons (Fsp3) is 0.647. The van der Waals surface area contributed by atoms with Gasteiger partial charge >= 0.3 is 5.97 Å². The van der Waals surface area contributed by atoms with E-state index in [1.54, 1.807) is 6.20 Å². The number of pyridine rings is 1. The number of carbonyl (C=O) groups excluding carboxylic acids is 1. The summed E-state index contributed by atoms with van der Waals surface area (Å²) >= 11 is 0. The predicted octanol–water partition coefficient (Wildman–Crippen LogP) is 3.42. The topological polar surface area (TPSA) is 42.4 Å². The predicted molar refractivity (Wildman–Crippen MR) is 82.5 cm³/mol. The summed E-state index contributed by atoms with van der Waals surface area (Å²) in [7, 11) is 0. The third-order valence-corrected chi connectivity index (χ3v) is 5.07. The SMILES string of the molecule is CCOC(=O)c1ccc(N2CCC3(CCCC3)CC2)nc1. The molecule has 1 aromatic heterocycles. The average Bonchev–Trinajstić information content (AvgIpc) is 2.97. The number of anilines is 1. The minimum atomic E-state index is -0.292. The summed E-state index contributed by atoms with van der Waals surface area (Å²) in [6, 6.07) is 3.76. The van der Waals surface area contributed by atoms with Crippen LogP contribution < -0.4 is 4.90 Å². The Labute approximate surface area is 126 Å². The quantitative estimate of drug-likeness (QED) is 0.799. The number of rotatable bonds is 3. The molecule has 1 aromatic rings. The van der Waals surface area contributed by atoms with Crippen LogP contribution in [0.15, 0.2) is 18.3 Å². The van der Waals surface area contributed by atoms with Gasteiger partial charge in [-0.1, -0.05) is 12.8 Å². The third-order valence-electron chi connectivity index (χ3n) is 5.07. The van der Waals surface area contributed by atoms with Crippen molar-refractivity contribution in [2.24, 2.45) is 5.41 Å². The molecule has 1 aliphatic heterocycles. The highest BCUT2D eigenvalue weighted by Gasteiger charge is 2.37. The molecule has 1 saturated heterocycles. The van der Waals surface area contributed by atoms with Crippen molar-refractivity contribution in [2.45, 2.75) is 45.4 Å². The fourth-order valence-electron chi connectivity index (χ4n) is 3.74. The smallest absolute Gasteiger partial charge is 0.339 e. The van der Waals surface area contributed by atoms with Crippen molar-refractivity contribution in [1.82, 2.24) is 4.98 Å². The van der Waals surface area contributed by atoms with Gasteiger partial charge in [-0.2, -0.15) is 0 Å². The molecule has 2 fully saturated rings. The first-order valence-electron chi connectivity index (χ1n) is 8.11. The molecule has 3 rings (SSSR count). The summed E-state index contributed by atoms with van der Waals surface area (Å²) in [5, 5.41) is 0. The van der Waals surface area contributed by atoms with Gasteiger partial charge in [0, 0.05) is 19.3 Å². The van der Waals surface area contributed by atoms with Crippen LogP contribution in [0.3, 0.4) is 0 Å². The van der Waals surface area contributed by atoms with E-state index in [-0.39, 0.29) is 5.97 Å². The Kier molecular flexibility index (Phi) is 4.13. The van der Waals surface area contributed by atoms with E-state index in [2.05, 4.69) is 9.88 Å². The average molecular weight is 288 g/mol. The molecule has 0 unspecified atom stereocenters. The minimum absolute atomic E-state index is 0.292. The van der Waals surface area contributed by atoms with Crippen molar-refractivity contribution in [3.63, 3.8) is 0 Å². The van der Waals surface area contributed by atoms with Crippen molar-refractivity contribution in [1.29, 1.82) is 0 Å². The number of piperidine rings is 1. The number of nitrogens with zero attached hydrogens (tertiary/aromatic N) is 2. The summed E-state index contributed by atoms with van der Waals surface area (Å²) in [6.45, 7) is 4.39. The van der Waals surface area contributed by atoms with Crippen LogP contribution in [0.1, 0.15) is 55.8 Å². The molecule has 1 spiro atoms. The van der Waals surface area contributed by atoms with E-state index in [1.807, 2.05) is 19.1 Å². The molecule has 4 heteroatoms. The Balaban J connectivity index is 1.61. The lowest BCUT2D eigenvalue weighted by Gasteiger charge is -2.40. The van der Waals surface area contributed by atoms with Crippen LogP contribution in [-0.2, 0) is 4.74 Å². The lowest BCUT2D eigenvalue weighted by Crippen LogP contribution is -2.39. The molecule has 0 amide bonds. The van der Waals surface area contributed by atoms with E-state index in [0.29, 0.717) is 17.6 Å². The third kappa shape index (κ3) is 3.04. The van der Waals surface area contributed by atoms with E-state index < -0.39 is 0 Å². The van der Waals surface area contributed by atoms with Gasteiger partial charge in [0.2, 0.25) is 0 Å². The van der Waals surface area contributed by atoms with E-state index in [9.17, 15) is 4.79 Å². The molecular weight excluding hydrogens is 264 g/mol. The highest BCUT2D eigenvalue weighted by Crippen LogP contribution is 2.46. The van der Waals surface area contributed by atoms with Crippen molar-refractivity contribution in [3.05, 3.63) is 23.9 Å². The van der Waals surface area contributed by atoms with E-state index in [4.69, 9.17) is 4.74 Å². The van der Waals surface area contributed by atoms with Gasteiger partial charge in [0.25, 0.3) is 0 Å². The second kappa shape index (κ2) is 6.04. The summed E-state index contributed by atoms with van der Waals surface area (Å²) in [5.41, 5.74) is 1.16. The van der Waals surface area contributed by atoms with Crippen LogP contribution in [0.2, 0.25) is 0 Å². The molecule has 4 nitrogen and oxygen atoms in total. The number of hydrogen-bond acceptors (Lipinski definition) is 4. The molecule has 2 heterocycles. The van der Waals surface area contributed by atoms with Gasteiger partial charge in [0.05, 0.1) is 12.2 Å². The summed E-state index contributed by atoms with van der Waals surface area (Å²) in [6.07, 6.45) is 9.85. The molecule has 2 aliphatic rings. The summed E-state index contributed by atoms with van der Waals surface area (Å²) < 4.78 is 4.98. The second-order valence-electron chi connectivity index (χ2n) is 6.32. The maximum absolute atomic E-state index is 11.6. The first kappa shape index (κ1) is 14.4. The Morgan fingerprint density at radius 2 is 1.95 bits per heavy atom.